The van der Waals surface area contributed by atoms with E-state index in [2.05, 4.69) is 40.0 Å². The number of rotatable bonds is 3. The quantitative estimate of drug-likeness (QED) is 0.245. The summed E-state index contributed by atoms with van der Waals surface area (Å²) in [5.74, 6) is -0.741. The van der Waals surface area contributed by atoms with Gasteiger partial charge in [-0.1, -0.05) is 12.1 Å². The third-order valence-corrected chi connectivity index (χ3v) is 3.29. The van der Waals surface area contributed by atoms with Crippen LogP contribution in [0.4, 0.5) is 0 Å². The molecular formula is C18H17N3O2PtS2. The van der Waals surface area contributed by atoms with Crippen molar-refractivity contribution in [3.05, 3.63) is 57.6 Å². The van der Waals surface area contributed by atoms with Crippen LogP contribution in [0.3, 0.4) is 0 Å². The Kier molecular flexibility index (Phi) is 11.6. The minimum absolute atomic E-state index is 0. The minimum Gasteiger partial charge on any atom is -0.806 e. The van der Waals surface area contributed by atoms with Gasteiger partial charge in [0.1, 0.15) is 6.07 Å². The predicted molar refractivity (Wildman–Crippen MR) is 101 cm³/mol. The summed E-state index contributed by atoms with van der Waals surface area (Å²) in [5, 5.41) is 8.35. The first-order valence-electron chi connectivity index (χ1n) is 7.40. The van der Waals surface area contributed by atoms with Crippen LogP contribution in [0.1, 0.15) is 18.1 Å². The molecule has 0 N–H and O–H groups in total. The van der Waals surface area contributed by atoms with Crippen molar-refractivity contribution in [3.8, 4) is 17.5 Å². The summed E-state index contributed by atoms with van der Waals surface area (Å²) in [6, 6.07) is 9.66. The molecule has 0 saturated heterocycles. The summed E-state index contributed by atoms with van der Waals surface area (Å²) in [6.45, 7) is 5.90. The van der Waals surface area contributed by atoms with Crippen molar-refractivity contribution in [2.75, 3.05) is 6.61 Å². The second kappa shape index (κ2) is 12.5. The number of pyridine rings is 2. The first-order valence-corrected chi connectivity index (χ1v) is 8.21. The Morgan fingerprint density at radius 2 is 1.54 bits per heavy atom. The molecule has 2 aromatic rings. The number of hydrogen-bond donors (Lipinski definition) is 0. The maximum absolute atomic E-state index is 10.8. The van der Waals surface area contributed by atoms with E-state index in [-0.39, 0.29) is 37.5 Å². The third kappa shape index (κ3) is 8.01. The van der Waals surface area contributed by atoms with Gasteiger partial charge in [0.25, 0.3) is 0 Å². The molecular weight excluding hydrogens is 549 g/mol. The van der Waals surface area contributed by atoms with Crippen molar-refractivity contribution in [2.45, 2.75) is 20.8 Å². The zero-order chi connectivity index (χ0) is 18.8. The van der Waals surface area contributed by atoms with Crippen LogP contribution in [0.25, 0.3) is 11.4 Å². The van der Waals surface area contributed by atoms with Crippen LogP contribution in [-0.4, -0.2) is 22.5 Å². The van der Waals surface area contributed by atoms with Gasteiger partial charge >= 0.3 is 27.0 Å². The van der Waals surface area contributed by atoms with Gasteiger partial charge in [-0.15, -0.1) is 0 Å². The number of hydrogen-bond acceptors (Lipinski definition) is 7. The van der Waals surface area contributed by atoms with Crippen LogP contribution >= 0.6 is 0 Å². The van der Waals surface area contributed by atoms with Gasteiger partial charge in [0.05, 0.1) is 23.6 Å². The molecule has 0 radical (unpaired) electrons. The Morgan fingerprint density at radius 1 is 1.08 bits per heavy atom. The number of carbonyl (C=O) groups is 1. The number of esters is 1. The van der Waals surface area contributed by atoms with E-state index in [0.717, 1.165) is 11.4 Å². The molecule has 0 bridgehead atoms. The Morgan fingerprint density at radius 3 is 1.81 bits per heavy atom. The van der Waals surface area contributed by atoms with Crippen molar-refractivity contribution < 1.29 is 30.6 Å². The van der Waals surface area contributed by atoms with E-state index in [1.165, 1.54) is 11.1 Å². The molecule has 138 valence electrons. The Bertz CT molecular complexity index is 738. The number of nitrogens with zero attached hydrogens (tertiary/aromatic N) is 3. The summed E-state index contributed by atoms with van der Waals surface area (Å²) in [4.78, 5) is 19.4. The van der Waals surface area contributed by atoms with Gasteiger partial charge in [-0.05, 0) is 44.0 Å². The zero-order valence-electron chi connectivity index (χ0n) is 14.5. The molecule has 0 fully saturated rings. The summed E-state index contributed by atoms with van der Waals surface area (Å²) < 4.78 is 4.36. The molecule has 0 amide bonds. The standard InChI is InChI=1S/C12H12N2.C6H7NO2S2.Pt/c1-9-3-5-11(13-7-9)12-6-4-10(2)8-14-12;1-2-9-5(8)4(3-7)6(10)11;/h3-8H,1-2H3;10-11H,2H2,1H3;/q;;+2/p-2. The van der Waals surface area contributed by atoms with Gasteiger partial charge in [0.2, 0.25) is 0 Å². The largest absolute Gasteiger partial charge is 2.00 e. The van der Waals surface area contributed by atoms with Crippen LogP contribution in [0.15, 0.2) is 46.5 Å². The SMILES string of the molecule is CCOC(=O)C(C#N)=C([S-])[S-].Cc1ccc(-c2ccc(C)cn2)nc1.[Pt+2]. The molecule has 2 rings (SSSR count). The molecule has 2 heterocycles. The van der Waals surface area contributed by atoms with E-state index in [9.17, 15) is 4.79 Å². The van der Waals surface area contributed by atoms with E-state index < -0.39 is 5.97 Å². The summed E-state index contributed by atoms with van der Waals surface area (Å²) in [6.07, 6.45) is 3.72. The Balaban J connectivity index is 0.000000479. The normalized spacial score (nSPS) is 8.85. The number of aromatic nitrogens is 2. The molecule has 0 unspecified atom stereocenters. The number of nitriles is 1. The predicted octanol–water partition coefficient (Wildman–Crippen LogP) is 3.14. The smallest absolute Gasteiger partial charge is 0.806 e. The number of aryl methyl sites for hydroxylation is 2. The molecule has 26 heavy (non-hydrogen) atoms. The molecule has 2 aromatic heterocycles. The molecule has 0 atom stereocenters. The van der Waals surface area contributed by atoms with Crippen molar-refractivity contribution in [1.82, 2.24) is 9.97 Å². The molecule has 0 spiro atoms. The van der Waals surface area contributed by atoms with Crippen LogP contribution < -0.4 is 0 Å². The molecule has 0 aromatic carbocycles. The Labute approximate surface area is 179 Å². The summed E-state index contributed by atoms with van der Waals surface area (Å²) in [7, 11) is 0. The topological polar surface area (TPSA) is 75.9 Å². The minimum atomic E-state index is -0.741. The fraction of sp³-hybridized carbons (Fsp3) is 0.222. The van der Waals surface area contributed by atoms with Gasteiger partial charge in [0, 0.05) is 12.4 Å². The molecule has 0 aliphatic heterocycles. The van der Waals surface area contributed by atoms with Gasteiger partial charge in [0.15, 0.2) is 0 Å². The molecule has 5 nitrogen and oxygen atoms in total. The maximum Gasteiger partial charge on any atom is 2.00 e. The van der Waals surface area contributed by atoms with Crippen molar-refractivity contribution in [1.29, 1.82) is 5.26 Å². The summed E-state index contributed by atoms with van der Waals surface area (Å²) in [5.41, 5.74) is 3.92. The van der Waals surface area contributed by atoms with Crippen molar-refractivity contribution in [3.63, 3.8) is 0 Å². The van der Waals surface area contributed by atoms with Crippen LogP contribution in [0.5, 0.6) is 0 Å². The van der Waals surface area contributed by atoms with Crippen LogP contribution in [0, 0.1) is 25.2 Å². The van der Waals surface area contributed by atoms with Crippen molar-refractivity contribution >= 4 is 31.2 Å². The second-order valence-electron chi connectivity index (χ2n) is 4.94. The molecule has 0 saturated carbocycles. The van der Waals surface area contributed by atoms with Crippen molar-refractivity contribution in [2.24, 2.45) is 0 Å². The fourth-order valence-corrected chi connectivity index (χ4v) is 1.87. The first kappa shape index (κ1) is 24.1. The van der Waals surface area contributed by atoms with E-state index in [1.807, 2.05) is 50.5 Å². The van der Waals surface area contributed by atoms with Gasteiger partial charge in [-0.2, -0.15) is 5.26 Å². The third-order valence-electron chi connectivity index (χ3n) is 2.88. The monoisotopic (exact) mass is 566 g/mol. The van der Waals surface area contributed by atoms with Gasteiger partial charge in [-0.25, -0.2) is 4.79 Å². The molecule has 0 aliphatic rings. The second-order valence-corrected chi connectivity index (χ2v) is 6.01. The molecule has 0 aliphatic carbocycles. The van der Waals surface area contributed by atoms with E-state index in [1.54, 1.807) is 13.0 Å². The van der Waals surface area contributed by atoms with Crippen LogP contribution in [0.2, 0.25) is 0 Å². The molecule has 8 heteroatoms. The maximum atomic E-state index is 10.8. The fourth-order valence-electron chi connectivity index (χ4n) is 1.62. The van der Waals surface area contributed by atoms with Crippen LogP contribution in [-0.2, 0) is 55.9 Å². The Hall–Kier alpha value is -1.87. The van der Waals surface area contributed by atoms with Gasteiger partial charge < -0.3 is 34.2 Å². The van der Waals surface area contributed by atoms with E-state index in [0.29, 0.717) is 0 Å². The van der Waals surface area contributed by atoms with Gasteiger partial charge in [-0.3, -0.25) is 9.97 Å². The average Bonchev–Trinajstić information content (AvgIpc) is 2.57. The van der Waals surface area contributed by atoms with E-state index >= 15 is 0 Å². The number of ether oxygens (including phenoxy) is 1. The number of carbonyl (C=O) groups excluding carboxylic acids is 1. The zero-order valence-corrected chi connectivity index (χ0v) is 18.4. The summed E-state index contributed by atoms with van der Waals surface area (Å²) >= 11 is 8.92. The first-order chi connectivity index (χ1) is 11.9. The average molecular weight is 567 g/mol. The van der Waals surface area contributed by atoms with E-state index in [4.69, 9.17) is 5.26 Å².